The summed E-state index contributed by atoms with van der Waals surface area (Å²) >= 11 is 1.41. The first kappa shape index (κ1) is 17.5. The molecule has 0 unspecified atom stereocenters. The van der Waals surface area contributed by atoms with Crippen LogP contribution in [0.2, 0.25) is 0 Å². The number of anilines is 1. The van der Waals surface area contributed by atoms with Crippen molar-refractivity contribution in [3.8, 4) is 0 Å². The molecule has 1 atom stereocenters. The number of carbonyl (C=O) groups excluding carboxylic acids is 2. The zero-order chi connectivity index (χ0) is 19.1. The van der Waals surface area contributed by atoms with Crippen LogP contribution in [0, 0.1) is 5.92 Å². The number of aromatic amines is 1. The lowest BCUT2D eigenvalue weighted by molar-refractivity contribution is 0.1000. The lowest BCUT2D eigenvalue weighted by atomic mass is 9.88. The summed E-state index contributed by atoms with van der Waals surface area (Å²) in [5, 5.41) is 3.94. The highest BCUT2D eigenvalue weighted by Gasteiger charge is 2.27. The Balaban J connectivity index is 1.76. The van der Waals surface area contributed by atoms with Crippen LogP contribution < -0.4 is 16.6 Å². The van der Waals surface area contributed by atoms with Crippen LogP contribution in [0.25, 0.3) is 10.9 Å². The quantitative estimate of drug-likeness (QED) is 0.649. The topological polar surface area (TPSA) is 105 Å². The van der Waals surface area contributed by atoms with E-state index in [9.17, 15) is 14.4 Å². The standard InChI is InChI=1S/C20H19N3O3S/c1-10-6-7-12-15(8-10)27-20(17(12)18(21)25)23-19(26)13-9-16(24)22-14-5-3-2-4-11(13)14/h2-5,9-10H,6-8H2,1H3,(H2,21,25)(H,22,24)(H,23,26)/t10-/m1/s1. The number of hydrogen-bond acceptors (Lipinski definition) is 4. The minimum atomic E-state index is -0.534. The van der Waals surface area contributed by atoms with Crippen molar-refractivity contribution in [2.75, 3.05) is 5.32 Å². The van der Waals surface area contributed by atoms with Crippen LogP contribution in [-0.2, 0) is 12.8 Å². The number of nitrogens with one attached hydrogen (secondary N) is 2. The van der Waals surface area contributed by atoms with Crippen LogP contribution >= 0.6 is 11.3 Å². The summed E-state index contributed by atoms with van der Waals surface area (Å²) in [6.45, 7) is 2.17. The Labute approximate surface area is 159 Å². The lowest BCUT2D eigenvalue weighted by Gasteiger charge is -2.18. The zero-order valence-electron chi connectivity index (χ0n) is 14.8. The largest absolute Gasteiger partial charge is 0.365 e. The molecule has 7 heteroatoms. The summed E-state index contributed by atoms with van der Waals surface area (Å²) in [6, 6.07) is 8.39. The third-order valence-corrected chi connectivity index (χ3v) is 6.15. The Morgan fingerprint density at radius 3 is 2.85 bits per heavy atom. The van der Waals surface area contributed by atoms with Gasteiger partial charge >= 0.3 is 0 Å². The Kier molecular flexibility index (Phi) is 4.31. The molecule has 0 aliphatic heterocycles. The molecule has 0 radical (unpaired) electrons. The monoisotopic (exact) mass is 381 g/mol. The fourth-order valence-electron chi connectivity index (χ4n) is 3.66. The predicted molar refractivity (Wildman–Crippen MR) is 107 cm³/mol. The number of hydrogen-bond donors (Lipinski definition) is 3. The van der Waals surface area contributed by atoms with Gasteiger partial charge in [-0.05, 0) is 36.8 Å². The van der Waals surface area contributed by atoms with Crippen molar-refractivity contribution >= 4 is 39.1 Å². The number of aromatic nitrogens is 1. The van der Waals surface area contributed by atoms with E-state index in [1.165, 1.54) is 17.4 Å². The van der Waals surface area contributed by atoms with Crippen molar-refractivity contribution in [1.82, 2.24) is 4.98 Å². The van der Waals surface area contributed by atoms with E-state index in [-0.39, 0.29) is 11.1 Å². The lowest BCUT2D eigenvalue weighted by Crippen LogP contribution is -2.20. The molecule has 3 aromatic rings. The number of para-hydroxylation sites is 1. The molecule has 4 rings (SSSR count). The molecule has 6 nitrogen and oxygen atoms in total. The number of pyridine rings is 1. The second-order valence-corrected chi connectivity index (χ2v) is 8.07. The number of amides is 2. The van der Waals surface area contributed by atoms with Crippen LogP contribution in [0.3, 0.4) is 0 Å². The molecule has 0 fully saturated rings. The number of primary amides is 1. The van der Waals surface area contributed by atoms with Gasteiger partial charge in [-0.3, -0.25) is 14.4 Å². The van der Waals surface area contributed by atoms with E-state index in [4.69, 9.17) is 5.73 Å². The van der Waals surface area contributed by atoms with Gasteiger partial charge in [-0.15, -0.1) is 11.3 Å². The maximum absolute atomic E-state index is 12.9. The van der Waals surface area contributed by atoms with E-state index >= 15 is 0 Å². The predicted octanol–water partition coefficient (Wildman–Crippen LogP) is 3.07. The highest BCUT2D eigenvalue weighted by Crippen LogP contribution is 2.39. The van der Waals surface area contributed by atoms with E-state index in [1.54, 1.807) is 24.3 Å². The molecular formula is C20H19N3O3S. The first-order valence-corrected chi connectivity index (χ1v) is 9.63. The minimum Gasteiger partial charge on any atom is -0.365 e. The maximum atomic E-state index is 12.9. The van der Waals surface area contributed by atoms with Gasteiger partial charge in [0.1, 0.15) is 5.00 Å². The molecule has 4 N–H and O–H groups in total. The van der Waals surface area contributed by atoms with Crippen molar-refractivity contribution in [3.05, 3.63) is 62.3 Å². The third kappa shape index (κ3) is 3.14. The van der Waals surface area contributed by atoms with Crippen molar-refractivity contribution < 1.29 is 9.59 Å². The molecule has 1 aromatic carbocycles. The van der Waals surface area contributed by atoms with Gasteiger partial charge in [-0.1, -0.05) is 25.1 Å². The smallest absolute Gasteiger partial charge is 0.257 e. The molecule has 1 aliphatic carbocycles. The molecule has 0 saturated heterocycles. The van der Waals surface area contributed by atoms with E-state index in [2.05, 4.69) is 17.2 Å². The highest BCUT2D eigenvalue weighted by atomic mass is 32.1. The number of thiophene rings is 1. The van der Waals surface area contributed by atoms with Gasteiger partial charge in [0, 0.05) is 21.8 Å². The van der Waals surface area contributed by atoms with Gasteiger partial charge < -0.3 is 16.0 Å². The number of nitrogens with two attached hydrogens (primary N) is 1. The second-order valence-electron chi connectivity index (χ2n) is 6.97. The molecule has 0 spiro atoms. The van der Waals surface area contributed by atoms with Crippen LogP contribution in [-0.4, -0.2) is 16.8 Å². The van der Waals surface area contributed by atoms with Crippen LogP contribution in [0.15, 0.2) is 35.1 Å². The molecule has 2 amide bonds. The summed E-state index contributed by atoms with van der Waals surface area (Å²) in [7, 11) is 0. The van der Waals surface area contributed by atoms with Crippen molar-refractivity contribution in [1.29, 1.82) is 0 Å². The average molecular weight is 381 g/mol. The molecule has 2 aromatic heterocycles. The number of H-pyrrole nitrogens is 1. The molecular weight excluding hydrogens is 362 g/mol. The van der Waals surface area contributed by atoms with E-state index < -0.39 is 11.8 Å². The highest BCUT2D eigenvalue weighted by molar-refractivity contribution is 7.17. The molecule has 0 saturated carbocycles. The molecule has 27 heavy (non-hydrogen) atoms. The zero-order valence-corrected chi connectivity index (χ0v) is 15.6. The van der Waals surface area contributed by atoms with Gasteiger partial charge in [-0.25, -0.2) is 0 Å². The van der Waals surface area contributed by atoms with Crippen molar-refractivity contribution in [2.45, 2.75) is 26.2 Å². The molecule has 1 aliphatic rings. The van der Waals surface area contributed by atoms with Gasteiger partial charge in [0.15, 0.2) is 0 Å². The molecule has 2 heterocycles. The number of rotatable bonds is 3. The number of benzene rings is 1. The van der Waals surface area contributed by atoms with E-state index in [1.807, 2.05) is 0 Å². The summed E-state index contributed by atoms with van der Waals surface area (Å²) in [5.41, 5.74) is 7.47. The Bertz CT molecular complexity index is 1130. The average Bonchev–Trinajstić information content (AvgIpc) is 2.97. The fourth-order valence-corrected chi connectivity index (χ4v) is 5.07. The second kappa shape index (κ2) is 6.66. The summed E-state index contributed by atoms with van der Waals surface area (Å²) in [4.78, 5) is 40.7. The SMILES string of the molecule is C[C@@H]1CCc2c(sc(NC(=O)c3cc(=O)[nH]c4ccccc34)c2C(N)=O)C1. The first-order chi connectivity index (χ1) is 12.9. The normalized spacial score (nSPS) is 16.1. The Morgan fingerprint density at radius 1 is 1.30 bits per heavy atom. The number of carbonyl (C=O) groups is 2. The van der Waals surface area contributed by atoms with Crippen molar-refractivity contribution in [3.63, 3.8) is 0 Å². The van der Waals surface area contributed by atoms with Crippen LogP contribution in [0.4, 0.5) is 5.00 Å². The Morgan fingerprint density at radius 2 is 2.07 bits per heavy atom. The van der Waals surface area contributed by atoms with Crippen LogP contribution in [0.5, 0.6) is 0 Å². The van der Waals surface area contributed by atoms with Gasteiger partial charge in [0.2, 0.25) is 5.56 Å². The van der Waals surface area contributed by atoms with Gasteiger partial charge in [0.25, 0.3) is 11.8 Å². The van der Waals surface area contributed by atoms with E-state index in [0.717, 1.165) is 29.7 Å². The minimum absolute atomic E-state index is 0.268. The fraction of sp³-hybridized carbons (Fsp3) is 0.250. The van der Waals surface area contributed by atoms with Gasteiger partial charge in [0.05, 0.1) is 11.1 Å². The summed E-state index contributed by atoms with van der Waals surface area (Å²) < 4.78 is 0. The summed E-state index contributed by atoms with van der Waals surface area (Å²) in [6.07, 6.45) is 2.66. The van der Waals surface area contributed by atoms with Gasteiger partial charge in [-0.2, -0.15) is 0 Å². The first-order valence-electron chi connectivity index (χ1n) is 8.81. The van der Waals surface area contributed by atoms with E-state index in [0.29, 0.717) is 27.4 Å². The number of fused-ring (bicyclic) bond motifs is 2. The van der Waals surface area contributed by atoms with Crippen LogP contribution in [0.1, 0.15) is 44.5 Å². The maximum Gasteiger partial charge on any atom is 0.257 e. The van der Waals surface area contributed by atoms with Crippen molar-refractivity contribution in [2.24, 2.45) is 11.7 Å². The molecule has 138 valence electrons. The summed E-state index contributed by atoms with van der Waals surface area (Å²) in [5.74, 6) is -0.420. The molecule has 0 bridgehead atoms. The Hall–Kier alpha value is -2.93. The third-order valence-electron chi connectivity index (χ3n) is 4.98.